The van der Waals surface area contributed by atoms with Crippen molar-refractivity contribution in [2.24, 2.45) is 0 Å². The molecule has 0 saturated carbocycles. The van der Waals surface area contributed by atoms with Crippen LogP contribution in [0, 0.1) is 19.7 Å². The van der Waals surface area contributed by atoms with Gasteiger partial charge in [-0.1, -0.05) is 22.0 Å². The minimum atomic E-state index is -4.01. The SMILES string of the molecule is Cc1ccc(NS(=O)(=O)c2ccc(Br)cc2F)c(C)c1N. The van der Waals surface area contributed by atoms with Gasteiger partial charge in [-0.3, -0.25) is 4.72 Å². The average molecular weight is 373 g/mol. The number of hydrogen-bond donors (Lipinski definition) is 2. The van der Waals surface area contributed by atoms with Crippen LogP contribution in [0.5, 0.6) is 0 Å². The molecule has 2 aromatic rings. The van der Waals surface area contributed by atoms with Crippen molar-refractivity contribution in [2.75, 3.05) is 10.5 Å². The van der Waals surface area contributed by atoms with Crippen LogP contribution in [0.2, 0.25) is 0 Å². The molecule has 2 rings (SSSR count). The Morgan fingerprint density at radius 2 is 1.86 bits per heavy atom. The second-order valence-electron chi connectivity index (χ2n) is 4.65. The number of nitrogens with one attached hydrogen (secondary N) is 1. The molecule has 0 radical (unpaired) electrons. The molecular formula is C14H14BrFN2O2S. The van der Waals surface area contributed by atoms with E-state index in [9.17, 15) is 12.8 Å². The Labute approximate surface area is 131 Å². The van der Waals surface area contributed by atoms with Gasteiger partial charge in [0.05, 0.1) is 5.69 Å². The summed E-state index contributed by atoms with van der Waals surface area (Å²) >= 11 is 3.09. The fraction of sp³-hybridized carbons (Fsp3) is 0.143. The van der Waals surface area contributed by atoms with Crippen molar-refractivity contribution in [3.05, 3.63) is 51.7 Å². The number of rotatable bonds is 3. The van der Waals surface area contributed by atoms with E-state index in [1.807, 2.05) is 6.92 Å². The topological polar surface area (TPSA) is 72.2 Å². The summed E-state index contributed by atoms with van der Waals surface area (Å²) in [5.74, 6) is -0.824. The highest BCUT2D eigenvalue weighted by Gasteiger charge is 2.20. The van der Waals surface area contributed by atoms with Crippen LogP contribution in [-0.2, 0) is 10.0 Å². The third kappa shape index (κ3) is 3.19. The Morgan fingerprint density at radius 3 is 2.48 bits per heavy atom. The number of sulfonamides is 1. The summed E-state index contributed by atoms with van der Waals surface area (Å²) in [6.07, 6.45) is 0. The molecule has 4 nitrogen and oxygen atoms in total. The summed E-state index contributed by atoms with van der Waals surface area (Å²) in [7, 11) is -4.01. The van der Waals surface area contributed by atoms with Crippen LogP contribution >= 0.6 is 15.9 Å². The van der Waals surface area contributed by atoms with Gasteiger partial charge in [0, 0.05) is 10.2 Å². The molecule has 0 aliphatic carbocycles. The zero-order valence-corrected chi connectivity index (χ0v) is 13.8. The minimum absolute atomic E-state index is 0.334. The Bertz CT molecular complexity index is 807. The quantitative estimate of drug-likeness (QED) is 0.808. The highest BCUT2D eigenvalue weighted by Crippen LogP contribution is 2.27. The van der Waals surface area contributed by atoms with Gasteiger partial charge in [0.2, 0.25) is 0 Å². The molecule has 3 N–H and O–H groups in total. The molecule has 0 bridgehead atoms. The average Bonchev–Trinajstić information content (AvgIpc) is 2.39. The van der Waals surface area contributed by atoms with E-state index in [2.05, 4.69) is 20.7 Å². The number of nitrogen functional groups attached to an aromatic ring is 1. The van der Waals surface area contributed by atoms with Crippen LogP contribution < -0.4 is 10.5 Å². The molecule has 0 aliphatic heterocycles. The number of halogens is 2. The molecule has 0 spiro atoms. The van der Waals surface area contributed by atoms with Crippen LogP contribution in [0.1, 0.15) is 11.1 Å². The third-order valence-corrected chi connectivity index (χ3v) is 5.05. The Kier molecular flexibility index (Phi) is 4.25. The summed E-state index contributed by atoms with van der Waals surface area (Å²) in [4.78, 5) is -0.413. The van der Waals surface area contributed by atoms with Crippen LogP contribution in [0.3, 0.4) is 0 Å². The largest absolute Gasteiger partial charge is 0.398 e. The lowest BCUT2D eigenvalue weighted by Crippen LogP contribution is -2.16. The fourth-order valence-electron chi connectivity index (χ4n) is 1.87. The first-order valence-electron chi connectivity index (χ1n) is 6.06. The molecule has 112 valence electrons. The van der Waals surface area contributed by atoms with E-state index >= 15 is 0 Å². The molecule has 0 atom stereocenters. The predicted molar refractivity (Wildman–Crippen MR) is 85.2 cm³/mol. The zero-order valence-electron chi connectivity index (χ0n) is 11.4. The van der Waals surface area contributed by atoms with Crippen molar-refractivity contribution >= 4 is 37.3 Å². The molecule has 0 aromatic heterocycles. The Balaban J connectivity index is 2.45. The van der Waals surface area contributed by atoms with Crippen molar-refractivity contribution in [3.63, 3.8) is 0 Å². The van der Waals surface area contributed by atoms with Crippen molar-refractivity contribution in [2.45, 2.75) is 18.7 Å². The van der Waals surface area contributed by atoms with Gasteiger partial charge in [0.1, 0.15) is 10.7 Å². The van der Waals surface area contributed by atoms with Gasteiger partial charge in [-0.15, -0.1) is 0 Å². The van der Waals surface area contributed by atoms with Crippen molar-refractivity contribution in [1.29, 1.82) is 0 Å². The van der Waals surface area contributed by atoms with Crippen LogP contribution in [-0.4, -0.2) is 8.42 Å². The van der Waals surface area contributed by atoms with E-state index < -0.39 is 20.7 Å². The van der Waals surface area contributed by atoms with Gasteiger partial charge < -0.3 is 5.73 Å². The molecule has 7 heteroatoms. The monoisotopic (exact) mass is 372 g/mol. The number of benzene rings is 2. The second kappa shape index (κ2) is 5.65. The number of aryl methyl sites for hydroxylation is 1. The van der Waals surface area contributed by atoms with Gasteiger partial charge >= 0.3 is 0 Å². The summed E-state index contributed by atoms with van der Waals surface area (Å²) in [5, 5.41) is 0. The van der Waals surface area contributed by atoms with Gasteiger partial charge in [0.15, 0.2) is 0 Å². The molecule has 0 saturated heterocycles. The lowest BCUT2D eigenvalue weighted by molar-refractivity contribution is 0.570. The maximum Gasteiger partial charge on any atom is 0.264 e. The van der Waals surface area contributed by atoms with Gasteiger partial charge in [-0.25, -0.2) is 12.8 Å². The van der Waals surface area contributed by atoms with Gasteiger partial charge in [-0.2, -0.15) is 0 Å². The Morgan fingerprint density at radius 1 is 1.19 bits per heavy atom. The fourth-order valence-corrected chi connectivity index (χ4v) is 3.38. The van der Waals surface area contributed by atoms with Crippen LogP contribution in [0.4, 0.5) is 15.8 Å². The molecule has 0 aliphatic rings. The molecular weight excluding hydrogens is 359 g/mol. The van der Waals surface area contributed by atoms with E-state index in [1.165, 1.54) is 12.1 Å². The number of anilines is 2. The maximum absolute atomic E-state index is 13.8. The Hall–Kier alpha value is -1.60. The second-order valence-corrected chi connectivity index (χ2v) is 7.22. The zero-order chi connectivity index (χ0) is 15.8. The van der Waals surface area contributed by atoms with Crippen LogP contribution in [0.15, 0.2) is 39.7 Å². The molecule has 21 heavy (non-hydrogen) atoms. The summed E-state index contributed by atoms with van der Waals surface area (Å²) in [5.41, 5.74) is 8.17. The lowest BCUT2D eigenvalue weighted by atomic mass is 10.1. The molecule has 2 aromatic carbocycles. The van der Waals surface area contributed by atoms with Crippen molar-refractivity contribution in [1.82, 2.24) is 0 Å². The van der Waals surface area contributed by atoms with E-state index in [1.54, 1.807) is 19.1 Å². The normalized spacial score (nSPS) is 11.4. The smallest absolute Gasteiger partial charge is 0.264 e. The van der Waals surface area contributed by atoms with Gasteiger partial charge in [-0.05, 0) is 49.2 Å². The first-order chi connectivity index (χ1) is 9.72. The van der Waals surface area contributed by atoms with E-state index in [4.69, 9.17) is 5.73 Å². The first kappa shape index (κ1) is 15.8. The van der Waals surface area contributed by atoms with E-state index in [-0.39, 0.29) is 0 Å². The summed E-state index contributed by atoms with van der Waals surface area (Å²) in [6.45, 7) is 3.53. The number of hydrogen-bond acceptors (Lipinski definition) is 3. The highest BCUT2D eigenvalue weighted by atomic mass is 79.9. The lowest BCUT2D eigenvalue weighted by Gasteiger charge is -2.14. The van der Waals surface area contributed by atoms with Crippen LogP contribution in [0.25, 0.3) is 0 Å². The minimum Gasteiger partial charge on any atom is -0.398 e. The third-order valence-electron chi connectivity index (χ3n) is 3.16. The van der Waals surface area contributed by atoms with Crippen molar-refractivity contribution in [3.8, 4) is 0 Å². The van der Waals surface area contributed by atoms with E-state index in [0.29, 0.717) is 21.4 Å². The summed E-state index contributed by atoms with van der Waals surface area (Å²) < 4.78 is 41.2. The molecule has 0 heterocycles. The highest BCUT2D eigenvalue weighted by molar-refractivity contribution is 9.10. The predicted octanol–water partition coefficient (Wildman–Crippen LogP) is 3.59. The molecule has 0 fully saturated rings. The van der Waals surface area contributed by atoms with E-state index in [0.717, 1.165) is 11.6 Å². The number of nitrogens with two attached hydrogens (primary N) is 1. The maximum atomic E-state index is 13.8. The molecule has 0 amide bonds. The molecule has 0 unspecified atom stereocenters. The first-order valence-corrected chi connectivity index (χ1v) is 8.33. The standard InChI is InChI=1S/C14H14BrFN2O2S/c1-8-3-5-12(9(2)14(8)17)18-21(19,20)13-6-4-10(15)7-11(13)16/h3-7,18H,17H2,1-2H3. The van der Waals surface area contributed by atoms with Crippen molar-refractivity contribution < 1.29 is 12.8 Å². The van der Waals surface area contributed by atoms with Gasteiger partial charge in [0.25, 0.3) is 10.0 Å². The summed E-state index contributed by atoms with van der Waals surface area (Å²) in [6, 6.07) is 7.08.